The van der Waals surface area contributed by atoms with Crippen molar-refractivity contribution in [3.05, 3.63) is 53.1 Å². The molecular formula is C18H15ClFN3O4. The summed E-state index contributed by atoms with van der Waals surface area (Å²) in [5.41, 5.74) is 0.310. The number of anilines is 2. The Morgan fingerprint density at radius 3 is 2.67 bits per heavy atom. The Labute approximate surface area is 159 Å². The molecule has 0 saturated carbocycles. The maximum atomic E-state index is 13.7. The van der Waals surface area contributed by atoms with Gasteiger partial charge in [0.05, 0.1) is 20.5 Å². The number of halogens is 2. The number of methoxy groups -OCH3 is 2. The van der Waals surface area contributed by atoms with E-state index in [9.17, 15) is 9.18 Å². The molecule has 0 N–H and O–H groups in total. The van der Waals surface area contributed by atoms with Gasteiger partial charge >= 0.3 is 5.97 Å². The monoisotopic (exact) mass is 391 g/mol. The number of nitrogens with zero attached hydrogens (tertiary/aromatic N) is 3. The highest BCUT2D eigenvalue weighted by Gasteiger charge is 2.24. The van der Waals surface area contributed by atoms with Crippen molar-refractivity contribution < 1.29 is 23.1 Å². The quantitative estimate of drug-likeness (QED) is 0.606. The van der Waals surface area contributed by atoms with Crippen molar-refractivity contribution in [3.8, 4) is 17.1 Å². The number of aromatic nitrogens is 2. The Bertz CT molecular complexity index is 979. The number of hydrogen-bond donors (Lipinski definition) is 0. The molecule has 27 heavy (non-hydrogen) atoms. The van der Waals surface area contributed by atoms with Crippen LogP contribution in [0.3, 0.4) is 0 Å². The zero-order chi connectivity index (χ0) is 19.6. The largest absolute Gasteiger partial charge is 0.494 e. The van der Waals surface area contributed by atoms with Gasteiger partial charge < -0.3 is 13.9 Å². The average molecular weight is 392 g/mol. The lowest BCUT2D eigenvalue weighted by molar-refractivity contribution is 0.0594. The molecular weight excluding hydrogens is 377 g/mol. The minimum Gasteiger partial charge on any atom is -0.494 e. The van der Waals surface area contributed by atoms with Gasteiger partial charge in [-0.2, -0.15) is 0 Å². The van der Waals surface area contributed by atoms with Gasteiger partial charge in [0.25, 0.3) is 0 Å². The summed E-state index contributed by atoms with van der Waals surface area (Å²) in [7, 11) is 4.24. The fourth-order valence-corrected chi connectivity index (χ4v) is 2.67. The molecule has 140 valence electrons. The number of hydrogen-bond acceptors (Lipinski definition) is 7. The van der Waals surface area contributed by atoms with Gasteiger partial charge in [-0.1, -0.05) is 11.6 Å². The van der Waals surface area contributed by atoms with Crippen LogP contribution in [0.4, 0.5) is 16.1 Å². The van der Waals surface area contributed by atoms with E-state index in [2.05, 4.69) is 9.97 Å². The second-order valence-electron chi connectivity index (χ2n) is 5.38. The molecule has 0 aliphatic carbocycles. The van der Waals surface area contributed by atoms with Crippen LogP contribution in [0.2, 0.25) is 5.02 Å². The Kier molecular flexibility index (Phi) is 5.27. The molecule has 2 aromatic heterocycles. The SMILES string of the molecule is COC(=O)c1nc(-c2ccc(F)c(OC)c2)nc(N(C)c2ccco2)c1Cl. The van der Waals surface area contributed by atoms with Crippen LogP contribution in [-0.2, 0) is 4.74 Å². The van der Waals surface area contributed by atoms with Gasteiger partial charge in [0.15, 0.2) is 28.9 Å². The van der Waals surface area contributed by atoms with E-state index in [0.717, 1.165) is 0 Å². The van der Waals surface area contributed by atoms with Gasteiger partial charge in [-0.15, -0.1) is 0 Å². The van der Waals surface area contributed by atoms with Crippen LogP contribution < -0.4 is 9.64 Å². The molecule has 1 aromatic carbocycles. The molecule has 2 heterocycles. The van der Waals surface area contributed by atoms with Crippen LogP contribution in [0, 0.1) is 5.82 Å². The van der Waals surface area contributed by atoms with Crippen molar-refractivity contribution in [1.29, 1.82) is 0 Å². The highest BCUT2D eigenvalue weighted by Crippen LogP contribution is 2.34. The molecule has 0 amide bonds. The van der Waals surface area contributed by atoms with Crippen LogP contribution >= 0.6 is 11.6 Å². The number of furan rings is 1. The van der Waals surface area contributed by atoms with Crippen LogP contribution in [0.15, 0.2) is 41.0 Å². The molecule has 3 rings (SSSR count). The third-order valence-corrected chi connectivity index (χ3v) is 4.12. The van der Waals surface area contributed by atoms with E-state index in [1.807, 2.05) is 0 Å². The molecule has 0 fully saturated rings. The summed E-state index contributed by atoms with van der Waals surface area (Å²) >= 11 is 6.34. The number of carbonyl (C=O) groups excluding carboxylic acids is 1. The fourth-order valence-electron chi connectivity index (χ4n) is 2.38. The summed E-state index contributed by atoms with van der Waals surface area (Å²) in [6.45, 7) is 0. The Morgan fingerprint density at radius 2 is 2.04 bits per heavy atom. The smallest absolute Gasteiger partial charge is 0.358 e. The number of benzene rings is 1. The minimum atomic E-state index is -0.730. The van der Waals surface area contributed by atoms with Crippen molar-refractivity contribution >= 4 is 29.3 Å². The standard InChI is InChI=1S/C18H15ClFN3O4/c1-23(13-5-4-8-27-13)17-14(19)15(18(24)26-3)21-16(22-17)10-6-7-11(20)12(9-10)25-2/h4-9H,1-3H3. The van der Waals surface area contributed by atoms with Gasteiger partial charge in [0.2, 0.25) is 5.88 Å². The minimum absolute atomic E-state index is 0.00132. The van der Waals surface area contributed by atoms with E-state index >= 15 is 0 Å². The first-order chi connectivity index (χ1) is 13.0. The van der Waals surface area contributed by atoms with Crippen LogP contribution in [-0.4, -0.2) is 37.2 Å². The highest BCUT2D eigenvalue weighted by atomic mass is 35.5. The lowest BCUT2D eigenvalue weighted by Crippen LogP contribution is -2.16. The molecule has 3 aromatic rings. The van der Waals surface area contributed by atoms with Crippen LogP contribution in [0.5, 0.6) is 5.75 Å². The van der Waals surface area contributed by atoms with E-state index in [0.29, 0.717) is 11.4 Å². The second kappa shape index (κ2) is 7.63. The summed E-state index contributed by atoms with van der Waals surface area (Å²) in [6, 6.07) is 7.53. The molecule has 0 atom stereocenters. The number of rotatable bonds is 5. The average Bonchev–Trinajstić information content (AvgIpc) is 3.22. The lowest BCUT2D eigenvalue weighted by Gasteiger charge is -2.18. The second-order valence-corrected chi connectivity index (χ2v) is 5.76. The Hall–Kier alpha value is -3.13. The zero-order valence-electron chi connectivity index (χ0n) is 14.7. The van der Waals surface area contributed by atoms with E-state index in [1.54, 1.807) is 24.1 Å². The van der Waals surface area contributed by atoms with Gasteiger partial charge in [-0.3, -0.25) is 4.90 Å². The predicted molar refractivity (Wildman–Crippen MR) is 97.1 cm³/mol. The summed E-state index contributed by atoms with van der Waals surface area (Å²) in [4.78, 5) is 22.3. The summed E-state index contributed by atoms with van der Waals surface area (Å²) in [5.74, 6) is -0.421. The van der Waals surface area contributed by atoms with Gasteiger partial charge in [0, 0.05) is 18.7 Å². The molecule has 0 spiro atoms. The van der Waals surface area contributed by atoms with Crippen LogP contribution in [0.25, 0.3) is 11.4 Å². The van der Waals surface area contributed by atoms with Crippen molar-refractivity contribution in [2.45, 2.75) is 0 Å². The van der Waals surface area contributed by atoms with E-state index < -0.39 is 11.8 Å². The molecule has 0 saturated heterocycles. The normalized spacial score (nSPS) is 10.6. The fraction of sp³-hybridized carbons (Fsp3) is 0.167. The summed E-state index contributed by atoms with van der Waals surface area (Å²) < 4.78 is 28.8. The molecule has 0 bridgehead atoms. The summed E-state index contributed by atoms with van der Waals surface area (Å²) in [5, 5.41) is -0.00132. The zero-order valence-corrected chi connectivity index (χ0v) is 15.5. The van der Waals surface area contributed by atoms with Gasteiger partial charge in [0.1, 0.15) is 5.02 Å². The van der Waals surface area contributed by atoms with Gasteiger partial charge in [-0.05, 0) is 24.3 Å². The first-order valence-electron chi connectivity index (χ1n) is 7.73. The van der Waals surface area contributed by atoms with Crippen molar-refractivity contribution in [3.63, 3.8) is 0 Å². The molecule has 0 aliphatic rings. The lowest BCUT2D eigenvalue weighted by atomic mass is 10.2. The first kappa shape index (κ1) is 18.7. The molecule has 0 radical (unpaired) electrons. The van der Waals surface area contributed by atoms with Crippen LogP contribution in [0.1, 0.15) is 10.5 Å². The third-order valence-electron chi connectivity index (χ3n) is 3.78. The Balaban J connectivity index is 2.20. The topological polar surface area (TPSA) is 77.7 Å². The molecule has 7 nitrogen and oxygen atoms in total. The number of esters is 1. The van der Waals surface area contributed by atoms with E-state index in [-0.39, 0.29) is 28.1 Å². The third kappa shape index (κ3) is 3.56. The Morgan fingerprint density at radius 1 is 1.26 bits per heavy atom. The predicted octanol–water partition coefficient (Wildman–Crippen LogP) is 4.09. The maximum absolute atomic E-state index is 13.7. The molecule has 0 unspecified atom stereocenters. The van der Waals surface area contributed by atoms with E-state index in [4.69, 9.17) is 25.5 Å². The highest BCUT2D eigenvalue weighted by molar-refractivity contribution is 6.35. The molecule has 9 heteroatoms. The number of ether oxygens (including phenoxy) is 2. The van der Waals surface area contributed by atoms with Gasteiger partial charge in [-0.25, -0.2) is 19.2 Å². The first-order valence-corrected chi connectivity index (χ1v) is 8.11. The van der Waals surface area contributed by atoms with Crippen molar-refractivity contribution in [1.82, 2.24) is 9.97 Å². The van der Waals surface area contributed by atoms with Crippen molar-refractivity contribution in [2.24, 2.45) is 0 Å². The van der Waals surface area contributed by atoms with Crippen molar-refractivity contribution in [2.75, 3.05) is 26.2 Å². The van der Waals surface area contributed by atoms with E-state index in [1.165, 1.54) is 38.7 Å². The maximum Gasteiger partial charge on any atom is 0.358 e. The number of carbonyl (C=O) groups is 1. The molecule has 0 aliphatic heterocycles. The summed E-state index contributed by atoms with van der Waals surface area (Å²) in [6.07, 6.45) is 1.49.